The van der Waals surface area contributed by atoms with Crippen LogP contribution in [0.1, 0.15) is 51.5 Å². The van der Waals surface area contributed by atoms with Gasteiger partial charge in [0, 0.05) is 36.7 Å². The van der Waals surface area contributed by atoms with Gasteiger partial charge in [-0.25, -0.2) is 0 Å². The third kappa shape index (κ3) is 3.29. The average Bonchev–Trinajstić information content (AvgIpc) is 2.78. The first-order valence-electron chi connectivity index (χ1n) is 9.45. The van der Waals surface area contributed by atoms with Gasteiger partial charge >= 0.3 is 0 Å². The molecule has 3 heteroatoms. The smallest absolute Gasteiger partial charge is 0.0406 e. The van der Waals surface area contributed by atoms with E-state index >= 15 is 0 Å². The summed E-state index contributed by atoms with van der Waals surface area (Å²) >= 11 is 6.11. The molecule has 2 atom stereocenters. The highest BCUT2D eigenvalue weighted by Crippen LogP contribution is 2.44. The predicted molar refractivity (Wildman–Crippen MR) is 102 cm³/mol. The summed E-state index contributed by atoms with van der Waals surface area (Å²) in [6, 6.07) is 10.0. The summed E-state index contributed by atoms with van der Waals surface area (Å²) in [4.78, 5) is 2.79. The lowest BCUT2D eigenvalue weighted by molar-refractivity contribution is 0.164. The summed E-state index contributed by atoms with van der Waals surface area (Å²) in [6.07, 6.45) is 6.47. The quantitative estimate of drug-likeness (QED) is 0.852. The molecular formula is C21H29ClN2. The lowest BCUT2D eigenvalue weighted by Crippen LogP contribution is -2.52. The highest BCUT2D eigenvalue weighted by Gasteiger charge is 2.38. The average molecular weight is 345 g/mol. The van der Waals surface area contributed by atoms with Crippen LogP contribution in [0.4, 0.5) is 0 Å². The monoisotopic (exact) mass is 344 g/mol. The van der Waals surface area contributed by atoms with Crippen molar-refractivity contribution in [1.82, 2.24) is 10.2 Å². The first-order valence-corrected chi connectivity index (χ1v) is 9.83. The Labute approximate surface area is 151 Å². The van der Waals surface area contributed by atoms with E-state index in [0.29, 0.717) is 5.41 Å². The fraction of sp³-hybridized carbons (Fsp3) is 0.619. The lowest BCUT2D eigenvalue weighted by Gasteiger charge is -2.39. The fourth-order valence-corrected chi connectivity index (χ4v) is 4.94. The molecule has 4 rings (SSSR count). The van der Waals surface area contributed by atoms with Crippen LogP contribution in [-0.2, 0) is 0 Å². The van der Waals surface area contributed by atoms with Crippen LogP contribution >= 0.6 is 11.6 Å². The van der Waals surface area contributed by atoms with Crippen molar-refractivity contribution in [3.8, 4) is 0 Å². The van der Waals surface area contributed by atoms with Crippen molar-refractivity contribution in [1.29, 1.82) is 0 Å². The first kappa shape index (κ1) is 16.6. The standard InChI is InChI=1S/C21H29ClN2/c1-21(2)10-9-16(14-24-18-7-8-19(24)13-23-12-18)20(11-21)15-3-5-17(22)6-4-15/h3-6,18-19,23H,7-14H2,1-2H3. The van der Waals surface area contributed by atoms with Crippen LogP contribution in [0.3, 0.4) is 0 Å². The predicted octanol–water partition coefficient (Wildman–Crippen LogP) is 4.74. The van der Waals surface area contributed by atoms with Crippen LogP contribution in [0, 0.1) is 5.41 Å². The Morgan fingerprint density at radius 2 is 1.79 bits per heavy atom. The fourth-order valence-electron chi connectivity index (χ4n) is 4.81. The van der Waals surface area contributed by atoms with Crippen molar-refractivity contribution in [2.24, 2.45) is 5.41 Å². The maximum Gasteiger partial charge on any atom is 0.0406 e. The van der Waals surface area contributed by atoms with Crippen molar-refractivity contribution in [3.63, 3.8) is 0 Å². The second-order valence-corrected chi connectivity index (χ2v) is 9.08. The van der Waals surface area contributed by atoms with Crippen LogP contribution < -0.4 is 5.32 Å². The Bertz CT molecular complexity index is 616. The molecule has 1 aromatic carbocycles. The Morgan fingerprint density at radius 1 is 1.12 bits per heavy atom. The number of nitrogens with zero attached hydrogens (tertiary/aromatic N) is 1. The number of hydrogen-bond donors (Lipinski definition) is 1. The molecule has 2 saturated heterocycles. The molecule has 0 radical (unpaired) electrons. The van der Waals surface area contributed by atoms with E-state index < -0.39 is 0 Å². The molecule has 0 saturated carbocycles. The summed E-state index contributed by atoms with van der Waals surface area (Å²) in [5, 5.41) is 4.43. The maximum absolute atomic E-state index is 6.11. The molecule has 0 amide bonds. The van der Waals surface area contributed by atoms with Crippen molar-refractivity contribution in [2.45, 2.75) is 58.0 Å². The Morgan fingerprint density at radius 3 is 2.46 bits per heavy atom. The van der Waals surface area contributed by atoms with Gasteiger partial charge in [0.2, 0.25) is 0 Å². The van der Waals surface area contributed by atoms with E-state index in [1.54, 1.807) is 11.1 Å². The van der Waals surface area contributed by atoms with Crippen LogP contribution in [0.5, 0.6) is 0 Å². The third-order valence-electron chi connectivity index (χ3n) is 6.28. The third-order valence-corrected chi connectivity index (χ3v) is 6.53. The molecule has 3 aliphatic rings. The normalized spacial score (nSPS) is 30.0. The number of piperazine rings is 1. The number of fused-ring (bicyclic) bond motifs is 2. The molecule has 1 N–H and O–H groups in total. The second kappa shape index (κ2) is 6.48. The summed E-state index contributed by atoms with van der Waals surface area (Å²) in [5.41, 5.74) is 5.04. The molecule has 1 aliphatic carbocycles. The van der Waals surface area contributed by atoms with Gasteiger partial charge in [0.15, 0.2) is 0 Å². The molecule has 0 spiro atoms. The second-order valence-electron chi connectivity index (χ2n) is 8.65. The Balaban J connectivity index is 1.65. The zero-order chi connectivity index (χ0) is 16.7. The largest absolute Gasteiger partial charge is 0.314 e. The molecular weight excluding hydrogens is 316 g/mol. The van der Waals surface area contributed by atoms with Gasteiger partial charge in [-0.15, -0.1) is 0 Å². The molecule has 24 heavy (non-hydrogen) atoms. The number of nitrogens with one attached hydrogen (secondary N) is 1. The Kier molecular flexibility index (Phi) is 4.49. The SMILES string of the molecule is CC1(C)CCC(CN2C3CCC2CNC3)=C(c2ccc(Cl)cc2)C1. The van der Waals surface area contributed by atoms with E-state index in [9.17, 15) is 0 Å². The molecule has 2 bridgehead atoms. The summed E-state index contributed by atoms with van der Waals surface area (Å²) in [5.74, 6) is 0. The van der Waals surface area contributed by atoms with E-state index in [4.69, 9.17) is 11.6 Å². The van der Waals surface area contributed by atoms with Gasteiger partial charge in [-0.2, -0.15) is 0 Å². The number of allylic oxidation sites excluding steroid dienone is 1. The summed E-state index contributed by atoms with van der Waals surface area (Å²) in [7, 11) is 0. The van der Waals surface area contributed by atoms with Gasteiger partial charge in [-0.3, -0.25) is 4.90 Å². The molecule has 2 heterocycles. The maximum atomic E-state index is 6.11. The summed E-state index contributed by atoms with van der Waals surface area (Å²) in [6.45, 7) is 8.34. The minimum absolute atomic E-state index is 0.404. The van der Waals surface area contributed by atoms with Crippen molar-refractivity contribution in [2.75, 3.05) is 19.6 Å². The van der Waals surface area contributed by atoms with Gasteiger partial charge in [-0.1, -0.05) is 43.2 Å². The highest BCUT2D eigenvalue weighted by atomic mass is 35.5. The zero-order valence-corrected chi connectivity index (χ0v) is 15.7. The van der Waals surface area contributed by atoms with E-state index in [2.05, 4.69) is 36.2 Å². The topological polar surface area (TPSA) is 15.3 Å². The van der Waals surface area contributed by atoms with Crippen molar-refractivity contribution in [3.05, 3.63) is 40.4 Å². The van der Waals surface area contributed by atoms with E-state index in [1.807, 2.05) is 12.1 Å². The van der Waals surface area contributed by atoms with E-state index in [-0.39, 0.29) is 0 Å². The molecule has 2 fully saturated rings. The van der Waals surface area contributed by atoms with Crippen molar-refractivity contribution < 1.29 is 0 Å². The van der Waals surface area contributed by atoms with Crippen molar-refractivity contribution >= 4 is 17.2 Å². The van der Waals surface area contributed by atoms with Gasteiger partial charge in [0.1, 0.15) is 0 Å². The molecule has 2 aliphatic heterocycles. The molecule has 130 valence electrons. The number of halogens is 1. The minimum Gasteiger partial charge on any atom is -0.314 e. The molecule has 2 nitrogen and oxygen atoms in total. The van der Waals surface area contributed by atoms with E-state index in [1.165, 1.54) is 57.3 Å². The first-order chi connectivity index (χ1) is 11.5. The minimum atomic E-state index is 0.404. The number of benzene rings is 1. The molecule has 0 aromatic heterocycles. The number of hydrogen-bond acceptors (Lipinski definition) is 2. The van der Waals surface area contributed by atoms with Crippen LogP contribution in [0.2, 0.25) is 5.02 Å². The van der Waals surface area contributed by atoms with Gasteiger partial charge in [0.25, 0.3) is 0 Å². The zero-order valence-electron chi connectivity index (χ0n) is 14.9. The lowest BCUT2D eigenvalue weighted by atomic mass is 9.72. The highest BCUT2D eigenvalue weighted by molar-refractivity contribution is 6.30. The van der Waals surface area contributed by atoms with E-state index in [0.717, 1.165) is 17.1 Å². The van der Waals surface area contributed by atoms with Gasteiger partial charge < -0.3 is 5.32 Å². The van der Waals surface area contributed by atoms with Gasteiger partial charge in [0.05, 0.1) is 0 Å². The van der Waals surface area contributed by atoms with Crippen LogP contribution in [-0.4, -0.2) is 36.6 Å². The summed E-state index contributed by atoms with van der Waals surface area (Å²) < 4.78 is 0. The Hall–Kier alpha value is -0.830. The molecule has 2 unspecified atom stereocenters. The van der Waals surface area contributed by atoms with Crippen LogP contribution in [0.25, 0.3) is 5.57 Å². The number of rotatable bonds is 3. The van der Waals surface area contributed by atoms with Crippen LogP contribution in [0.15, 0.2) is 29.8 Å². The molecule has 1 aromatic rings. The van der Waals surface area contributed by atoms with Gasteiger partial charge in [-0.05, 0) is 60.8 Å².